The van der Waals surface area contributed by atoms with Crippen LogP contribution in [0.15, 0.2) is 15.7 Å². The molecule has 3 N–H and O–H groups in total. The summed E-state index contributed by atoms with van der Waals surface area (Å²) in [6.07, 6.45) is 0. The van der Waals surface area contributed by atoms with Crippen LogP contribution in [0.25, 0.3) is 0 Å². The van der Waals surface area contributed by atoms with Crippen molar-refractivity contribution >= 4 is 33.3 Å². The largest absolute Gasteiger partial charge is 0.478 e. The number of nitrogens with one attached hydrogen (secondary N) is 1. The van der Waals surface area contributed by atoms with Gasteiger partial charge in [-0.3, -0.25) is 4.79 Å². The third kappa shape index (κ3) is 3.73. The van der Waals surface area contributed by atoms with E-state index < -0.39 is 34.6 Å². The minimum atomic E-state index is -4.10. The Kier molecular flexibility index (Phi) is 5.00. The number of carboxylic acid groups (broad SMARTS) is 1. The van der Waals surface area contributed by atoms with Gasteiger partial charge in [0, 0.05) is 5.38 Å². The van der Waals surface area contributed by atoms with E-state index in [0.717, 1.165) is 18.6 Å². The van der Waals surface area contributed by atoms with Crippen molar-refractivity contribution in [3.8, 4) is 0 Å². The lowest BCUT2D eigenvalue weighted by Gasteiger charge is -2.12. The van der Waals surface area contributed by atoms with Gasteiger partial charge in [0.05, 0.1) is 19.3 Å². The van der Waals surface area contributed by atoms with Gasteiger partial charge in [0.15, 0.2) is 0 Å². The molecule has 1 aromatic heterocycles. The highest BCUT2D eigenvalue weighted by molar-refractivity contribution is 7.91. The maximum atomic E-state index is 11.8. The lowest BCUT2D eigenvalue weighted by molar-refractivity contribution is -0.143. The molecule has 0 spiro atoms. The first-order chi connectivity index (χ1) is 8.81. The molecule has 0 aliphatic heterocycles. The zero-order chi connectivity index (χ0) is 14.6. The molecule has 1 rings (SSSR count). The monoisotopic (exact) mass is 309 g/mol. The van der Waals surface area contributed by atoms with E-state index in [1.807, 2.05) is 4.72 Å². The van der Waals surface area contributed by atoms with E-state index in [1.54, 1.807) is 0 Å². The number of hydrogen-bond acceptors (Lipinski definition) is 7. The van der Waals surface area contributed by atoms with Crippen LogP contribution in [-0.4, -0.2) is 50.3 Å². The smallest absolute Gasteiger partial charge is 0.336 e. The van der Waals surface area contributed by atoms with Crippen LogP contribution in [0.5, 0.6) is 0 Å². The summed E-state index contributed by atoms with van der Waals surface area (Å²) >= 11 is 0.692. The molecular formula is C9H11NO7S2. The summed E-state index contributed by atoms with van der Waals surface area (Å²) in [5.74, 6) is -2.20. The van der Waals surface area contributed by atoms with Crippen LogP contribution < -0.4 is 4.72 Å². The summed E-state index contributed by atoms with van der Waals surface area (Å²) in [7, 11) is -3.05. The number of thiophene rings is 1. The summed E-state index contributed by atoms with van der Waals surface area (Å²) in [4.78, 5) is 21.8. The molecule has 0 fully saturated rings. The van der Waals surface area contributed by atoms with E-state index in [0.29, 0.717) is 11.3 Å². The third-order valence-corrected chi connectivity index (χ3v) is 4.96. The van der Waals surface area contributed by atoms with Gasteiger partial charge in [-0.15, -0.1) is 11.3 Å². The van der Waals surface area contributed by atoms with Crippen molar-refractivity contribution in [3.63, 3.8) is 0 Å². The molecule has 1 atom stereocenters. The lowest BCUT2D eigenvalue weighted by atomic mass is 10.3. The second kappa shape index (κ2) is 6.10. The summed E-state index contributed by atoms with van der Waals surface area (Å²) in [5, 5.41) is 18.8. The van der Waals surface area contributed by atoms with E-state index in [-0.39, 0.29) is 9.77 Å². The number of carboxylic acids is 1. The highest BCUT2D eigenvalue weighted by Crippen LogP contribution is 2.20. The predicted octanol–water partition coefficient (Wildman–Crippen LogP) is -0.742. The van der Waals surface area contributed by atoms with Gasteiger partial charge in [0.1, 0.15) is 10.3 Å². The Morgan fingerprint density at radius 2 is 2.16 bits per heavy atom. The fraction of sp³-hybridized carbons (Fsp3) is 0.333. The molecule has 0 amide bonds. The second-order valence-electron chi connectivity index (χ2n) is 3.34. The average Bonchev–Trinajstić information content (AvgIpc) is 2.85. The number of ether oxygens (including phenoxy) is 1. The molecular weight excluding hydrogens is 298 g/mol. The number of hydrogen-bond donors (Lipinski definition) is 3. The molecule has 0 aliphatic rings. The summed E-state index contributed by atoms with van der Waals surface area (Å²) in [5.41, 5.74) is -0.177. The van der Waals surface area contributed by atoms with Gasteiger partial charge in [0.25, 0.3) is 10.0 Å². The average molecular weight is 309 g/mol. The normalized spacial score (nSPS) is 12.9. The third-order valence-electron chi connectivity index (χ3n) is 2.05. The van der Waals surface area contributed by atoms with Crippen LogP contribution in [0.1, 0.15) is 10.4 Å². The molecule has 8 nitrogen and oxygen atoms in total. The summed E-state index contributed by atoms with van der Waals surface area (Å²) in [6.45, 7) is -0.775. The first-order valence-corrected chi connectivity index (χ1v) is 7.21. The zero-order valence-corrected chi connectivity index (χ0v) is 11.3. The number of rotatable bonds is 6. The Morgan fingerprint density at radius 3 is 2.58 bits per heavy atom. The molecule has 106 valence electrons. The molecule has 19 heavy (non-hydrogen) atoms. The van der Waals surface area contributed by atoms with Gasteiger partial charge in [0.2, 0.25) is 0 Å². The second-order valence-corrected chi connectivity index (χ2v) is 6.19. The SMILES string of the molecule is COC(=O)C(CO)NS(=O)(=O)c1cc(C(=O)O)cs1. The first kappa shape index (κ1) is 15.6. The van der Waals surface area contributed by atoms with E-state index in [1.165, 1.54) is 0 Å². The standard InChI is InChI=1S/C9H11NO7S2/c1-17-9(14)6(3-11)10-19(15,16)7-2-5(4-18-7)8(12)13/h2,4,6,10-11H,3H2,1H3,(H,12,13). The van der Waals surface area contributed by atoms with Crippen LogP contribution in [0.2, 0.25) is 0 Å². The minimum Gasteiger partial charge on any atom is -0.478 e. The topological polar surface area (TPSA) is 130 Å². The number of carbonyl (C=O) groups excluding carboxylic acids is 1. The molecule has 0 aliphatic carbocycles. The summed E-state index contributed by atoms with van der Waals surface area (Å²) < 4.78 is 29.7. The number of carbonyl (C=O) groups is 2. The highest BCUT2D eigenvalue weighted by atomic mass is 32.2. The van der Waals surface area contributed by atoms with E-state index in [2.05, 4.69) is 4.74 Å². The van der Waals surface area contributed by atoms with E-state index in [9.17, 15) is 18.0 Å². The fourth-order valence-corrected chi connectivity index (χ4v) is 3.46. The van der Waals surface area contributed by atoms with Crippen molar-refractivity contribution in [1.29, 1.82) is 0 Å². The highest BCUT2D eigenvalue weighted by Gasteiger charge is 2.27. The fourth-order valence-electron chi connectivity index (χ4n) is 1.12. The van der Waals surface area contributed by atoms with Gasteiger partial charge >= 0.3 is 11.9 Å². The van der Waals surface area contributed by atoms with Gasteiger partial charge in [-0.05, 0) is 6.07 Å². The maximum absolute atomic E-state index is 11.8. The van der Waals surface area contributed by atoms with Crippen LogP contribution in [0.3, 0.4) is 0 Å². The van der Waals surface area contributed by atoms with Crippen molar-refractivity contribution in [2.24, 2.45) is 0 Å². The van der Waals surface area contributed by atoms with Crippen LogP contribution >= 0.6 is 11.3 Å². The molecule has 0 radical (unpaired) electrons. The number of sulfonamides is 1. The number of methoxy groups -OCH3 is 1. The van der Waals surface area contributed by atoms with Crippen molar-refractivity contribution in [3.05, 3.63) is 17.0 Å². The number of aromatic carboxylic acids is 1. The molecule has 0 saturated carbocycles. The van der Waals surface area contributed by atoms with Gasteiger partial charge < -0.3 is 14.9 Å². The van der Waals surface area contributed by atoms with Crippen molar-refractivity contribution in [2.75, 3.05) is 13.7 Å². The van der Waals surface area contributed by atoms with E-state index in [4.69, 9.17) is 10.2 Å². The molecule has 0 bridgehead atoms. The zero-order valence-electron chi connectivity index (χ0n) is 9.69. The lowest BCUT2D eigenvalue weighted by Crippen LogP contribution is -2.43. The molecule has 0 aromatic carbocycles. The van der Waals surface area contributed by atoms with Crippen LogP contribution in [0, 0.1) is 0 Å². The maximum Gasteiger partial charge on any atom is 0.336 e. The first-order valence-electron chi connectivity index (χ1n) is 4.84. The van der Waals surface area contributed by atoms with Crippen molar-refractivity contribution in [2.45, 2.75) is 10.3 Å². The Morgan fingerprint density at radius 1 is 1.53 bits per heavy atom. The van der Waals surface area contributed by atoms with E-state index >= 15 is 0 Å². The molecule has 1 heterocycles. The van der Waals surface area contributed by atoms with Crippen LogP contribution in [0.4, 0.5) is 0 Å². The Labute approximate surface area is 112 Å². The van der Waals surface area contributed by atoms with Gasteiger partial charge in [-0.2, -0.15) is 4.72 Å². The summed E-state index contributed by atoms with van der Waals surface area (Å²) in [6, 6.07) is -0.480. The van der Waals surface area contributed by atoms with Gasteiger partial charge in [-0.25, -0.2) is 13.2 Å². The quantitative estimate of drug-likeness (QED) is 0.590. The van der Waals surface area contributed by atoms with Gasteiger partial charge in [-0.1, -0.05) is 0 Å². The number of esters is 1. The Balaban J connectivity index is 2.96. The molecule has 1 unspecified atom stereocenters. The molecule has 1 aromatic rings. The predicted molar refractivity (Wildman–Crippen MR) is 64.5 cm³/mol. The Hall–Kier alpha value is -1.49. The number of aliphatic hydroxyl groups is 1. The minimum absolute atomic E-state index is 0.177. The number of aliphatic hydroxyl groups excluding tert-OH is 1. The van der Waals surface area contributed by atoms with Crippen molar-refractivity contribution < 1.29 is 33.0 Å². The Bertz CT molecular complexity index is 577. The molecule has 0 saturated heterocycles. The van der Waals surface area contributed by atoms with Crippen LogP contribution in [-0.2, 0) is 19.6 Å². The molecule has 10 heteroatoms. The van der Waals surface area contributed by atoms with Crippen molar-refractivity contribution in [1.82, 2.24) is 4.72 Å².